The molecule has 0 unspecified atom stereocenters. The summed E-state index contributed by atoms with van der Waals surface area (Å²) in [7, 11) is -2.06. The number of hydrogen-bond donors (Lipinski definition) is 1. The zero-order valence-corrected chi connectivity index (χ0v) is 13.9. The number of carbonyl (C=O) groups is 1. The molecule has 0 bridgehead atoms. The molecule has 1 fully saturated rings. The zero-order valence-electron chi connectivity index (χ0n) is 13.1. The molecule has 1 saturated heterocycles. The standard InChI is InChI=1S/C16H21NO5S/c1-22-16(15(18)19)6-8-17(9-7-16)23(20,21)14-10-12-4-2-3-5-13(12)11-14/h2-5,14H,6-11H2,1H3,(H,18,19). The summed E-state index contributed by atoms with van der Waals surface area (Å²) in [5, 5.41) is 8.87. The second-order valence-electron chi connectivity index (χ2n) is 6.25. The van der Waals surface area contributed by atoms with Gasteiger partial charge < -0.3 is 9.84 Å². The van der Waals surface area contributed by atoms with Crippen molar-refractivity contribution in [1.82, 2.24) is 4.31 Å². The van der Waals surface area contributed by atoms with E-state index in [0.717, 1.165) is 11.1 Å². The highest BCUT2D eigenvalue weighted by Crippen LogP contribution is 2.32. The SMILES string of the molecule is COC1(C(=O)O)CCN(S(=O)(=O)C2Cc3ccccc3C2)CC1. The highest BCUT2D eigenvalue weighted by molar-refractivity contribution is 7.89. The van der Waals surface area contributed by atoms with Gasteiger partial charge in [0.05, 0.1) is 5.25 Å². The average molecular weight is 339 g/mol. The minimum atomic E-state index is -3.43. The molecule has 23 heavy (non-hydrogen) atoms. The van der Waals surface area contributed by atoms with E-state index in [1.807, 2.05) is 24.3 Å². The molecule has 7 heteroatoms. The summed E-state index contributed by atoms with van der Waals surface area (Å²) >= 11 is 0. The van der Waals surface area contributed by atoms with E-state index in [1.54, 1.807) is 0 Å². The third kappa shape index (κ3) is 2.77. The molecule has 2 aliphatic rings. The van der Waals surface area contributed by atoms with Gasteiger partial charge in [0.1, 0.15) is 0 Å². The van der Waals surface area contributed by atoms with Crippen molar-refractivity contribution >= 4 is 16.0 Å². The highest BCUT2D eigenvalue weighted by Gasteiger charge is 2.46. The van der Waals surface area contributed by atoms with Gasteiger partial charge in [-0.05, 0) is 24.0 Å². The van der Waals surface area contributed by atoms with Gasteiger partial charge in [-0.25, -0.2) is 17.5 Å². The molecule has 0 saturated carbocycles. The molecule has 1 aliphatic heterocycles. The van der Waals surface area contributed by atoms with Crippen LogP contribution in [0.3, 0.4) is 0 Å². The Morgan fingerprint density at radius 2 is 1.74 bits per heavy atom. The van der Waals surface area contributed by atoms with Crippen LogP contribution in [-0.4, -0.2) is 54.8 Å². The maximum absolute atomic E-state index is 12.9. The van der Waals surface area contributed by atoms with E-state index in [9.17, 15) is 18.3 Å². The van der Waals surface area contributed by atoms with E-state index < -0.39 is 26.8 Å². The van der Waals surface area contributed by atoms with Crippen LogP contribution in [0.1, 0.15) is 24.0 Å². The molecule has 1 N–H and O–H groups in total. The largest absolute Gasteiger partial charge is 0.479 e. The second kappa shape index (κ2) is 5.89. The van der Waals surface area contributed by atoms with E-state index in [2.05, 4.69) is 0 Å². The van der Waals surface area contributed by atoms with Gasteiger partial charge in [-0.1, -0.05) is 24.3 Å². The van der Waals surface area contributed by atoms with Crippen molar-refractivity contribution in [2.75, 3.05) is 20.2 Å². The first-order chi connectivity index (χ1) is 10.9. The topological polar surface area (TPSA) is 83.9 Å². The molecule has 3 rings (SSSR count). The normalized spacial score (nSPS) is 22.0. The Morgan fingerprint density at radius 1 is 1.22 bits per heavy atom. The van der Waals surface area contributed by atoms with Gasteiger partial charge >= 0.3 is 5.97 Å². The van der Waals surface area contributed by atoms with Crippen LogP contribution in [0.25, 0.3) is 0 Å². The molecule has 1 aliphatic carbocycles. The number of rotatable bonds is 4. The van der Waals surface area contributed by atoms with Crippen LogP contribution in [0, 0.1) is 0 Å². The Balaban J connectivity index is 1.72. The number of nitrogens with zero attached hydrogens (tertiary/aromatic N) is 1. The lowest BCUT2D eigenvalue weighted by atomic mass is 9.92. The van der Waals surface area contributed by atoms with Gasteiger partial charge in [-0.3, -0.25) is 0 Å². The van der Waals surface area contributed by atoms with Gasteiger partial charge in [-0.2, -0.15) is 0 Å². The number of sulfonamides is 1. The van der Waals surface area contributed by atoms with Crippen LogP contribution < -0.4 is 0 Å². The number of carboxylic acids is 1. The van der Waals surface area contributed by atoms with Crippen molar-refractivity contribution in [2.24, 2.45) is 0 Å². The minimum absolute atomic E-state index is 0.178. The number of fused-ring (bicyclic) bond motifs is 1. The van der Waals surface area contributed by atoms with E-state index >= 15 is 0 Å². The summed E-state index contributed by atoms with van der Waals surface area (Å²) < 4.78 is 32.3. The number of ether oxygens (including phenoxy) is 1. The Labute approximate surface area is 136 Å². The summed E-state index contributed by atoms with van der Waals surface area (Å²) in [6.07, 6.45) is 1.42. The maximum atomic E-state index is 12.9. The van der Waals surface area contributed by atoms with Crippen molar-refractivity contribution in [3.8, 4) is 0 Å². The van der Waals surface area contributed by atoms with Crippen LogP contribution in [0.5, 0.6) is 0 Å². The Bertz CT molecular complexity index is 682. The molecule has 1 aromatic carbocycles. The summed E-state index contributed by atoms with van der Waals surface area (Å²) in [5.41, 5.74) is 0.926. The molecule has 126 valence electrons. The fourth-order valence-corrected chi connectivity index (χ4v) is 5.44. The first-order valence-corrected chi connectivity index (χ1v) is 9.24. The van der Waals surface area contributed by atoms with Gasteiger partial charge in [0, 0.05) is 33.0 Å². The van der Waals surface area contributed by atoms with E-state index in [-0.39, 0.29) is 25.9 Å². The van der Waals surface area contributed by atoms with Crippen molar-refractivity contribution in [2.45, 2.75) is 36.5 Å². The fourth-order valence-electron chi connectivity index (χ4n) is 3.55. The van der Waals surface area contributed by atoms with Crippen LogP contribution in [0.15, 0.2) is 24.3 Å². The predicted molar refractivity (Wildman–Crippen MR) is 84.7 cm³/mol. The first kappa shape index (κ1) is 16.4. The van der Waals surface area contributed by atoms with Crippen LogP contribution in [-0.2, 0) is 32.4 Å². The van der Waals surface area contributed by atoms with Crippen molar-refractivity contribution in [3.63, 3.8) is 0 Å². The molecular formula is C16H21NO5S. The summed E-state index contributed by atoms with van der Waals surface area (Å²) in [6, 6.07) is 7.80. The number of benzene rings is 1. The molecular weight excluding hydrogens is 318 g/mol. The minimum Gasteiger partial charge on any atom is -0.479 e. The van der Waals surface area contributed by atoms with Crippen LogP contribution >= 0.6 is 0 Å². The number of aliphatic carboxylic acids is 1. The lowest BCUT2D eigenvalue weighted by molar-refractivity contribution is -0.166. The Morgan fingerprint density at radius 3 is 2.17 bits per heavy atom. The Hall–Kier alpha value is -1.44. The molecule has 1 heterocycles. The number of carboxylic acid groups (broad SMARTS) is 1. The van der Waals surface area contributed by atoms with E-state index in [0.29, 0.717) is 12.8 Å². The number of methoxy groups -OCH3 is 1. The molecule has 6 nitrogen and oxygen atoms in total. The van der Waals surface area contributed by atoms with Crippen LogP contribution in [0.2, 0.25) is 0 Å². The second-order valence-corrected chi connectivity index (χ2v) is 8.46. The van der Waals surface area contributed by atoms with Gasteiger partial charge in [-0.15, -0.1) is 0 Å². The maximum Gasteiger partial charge on any atom is 0.336 e. The van der Waals surface area contributed by atoms with Crippen LogP contribution in [0.4, 0.5) is 0 Å². The lowest BCUT2D eigenvalue weighted by Gasteiger charge is -2.38. The summed E-state index contributed by atoms with van der Waals surface area (Å²) in [4.78, 5) is 11.4. The highest BCUT2D eigenvalue weighted by atomic mass is 32.2. The molecule has 0 atom stereocenters. The van der Waals surface area contributed by atoms with Crippen molar-refractivity contribution in [3.05, 3.63) is 35.4 Å². The smallest absolute Gasteiger partial charge is 0.336 e. The van der Waals surface area contributed by atoms with Crippen molar-refractivity contribution < 1.29 is 23.1 Å². The molecule has 0 amide bonds. The number of piperidine rings is 1. The third-order valence-corrected chi connectivity index (χ3v) is 7.37. The van der Waals surface area contributed by atoms with Crippen molar-refractivity contribution in [1.29, 1.82) is 0 Å². The molecule has 1 aromatic rings. The third-order valence-electron chi connectivity index (χ3n) is 5.11. The molecule has 0 radical (unpaired) electrons. The predicted octanol–water partition coefficient (Wildman–Crippen LogP) is 1.05. The monoisotopic (exact) mass is 339 g/mol. The average Bonchev–Trinajstić information content (AvgIpc) is 2.99. The van der Waals surface area contributed by atoms with E-state index in [1.165, 1.54) is 11.4 Å². The quantitative estimate of drug-likeness (QED) is 0.886. The van der Waals surface area contributed by atoms with Gasteiger partial charge in [0.25, 0.3) is 0 Å². The summed E-state index contributed by atoms with van der Waals surface area (Å²) in [5.74, 6) is -1.02. The number of hydrogen-bond acceptors (Lipinski definition) is 4. The van der Waals surface area contributed by atoms with Gasteiger partial charge in [0.2, 0.25) is 10.0 Å². The molecule has 0 spiro atoms. The lowest BCUT2D eigenvalue weighted by Crippen LogP contribution is -2.53. The molecule has 0 aromatic heterocycles. The van der Waals surface area contributed by atoms with Gasteiger partial charge in [0.15, 0.2) is 5.60 Å². The Kier molecular flexibility index (Phi) is 4.20. The van der Waals surface area contributed by atoms with E-state index in [4.69, 9.17) is 4.74 Å². The fraction of sp³-hybridized carbons (Fsp3) is 0.562. The first-order valence-electron chi connectivity index (χ1n) is 7.73. The zero-order chi connectivity index (χ0) is 16.7. The summed E-state index contributed by atoms with van der Waals surface area (Å²) in [6.45, 7) is 0.380.